The summed E-state index contributed by atoms with van der Waals surface area (Å²) in [6.07, 6.45) is 0. The molecule has 0 radical (unpaired) electrons. The number of nitrogens with zero attached hydrogens (tertiary/aromatic N) is 2. The van der Waals surface area contributed by atoms with Gasteiger partial charge in [0.1, 0.15) is 11.8 Å². The van der Waals surface area contributed by atoms with E-state index in [0.717, 1.165) is 11.4 Å². The van der Waals surface area contributed by atoms with Crippen molar-refractivity contribution < 1.29 is 23.9 Å². The van der Waals surface area contributed by atoms with Gasteiger partial charge < -0.3 is 24.6 Å². The predicted octanol–water partition coefficient (Wildman–Crippen LogP) is 3.00. The molecule has 1 fully saturated rings. The number of methoxy groups -OCH3 is 1. The van der Waals surface area contributed by atoms with Crippen LogP contribution >= 0.6 is 11.6 Å². The normalized spacial score (nSPS) is 14.5. The highest BCUT2D eigenvalue weighted by Crippen LogP contribution is 2.21. The van der Waals surface area contributed by atoms with Gasteiger partial charge in [-0.2, -0.15) is 0 Å². The molecular formula is C25H30ClN3O5. The van der Waals surface area contributed by atoms with E-state index in [-0.39, 0.29) is 24.0 Å². The molecule has 1 saturated heterocycles. The van der Waals surface area contributed by atoms with Crippen molar-refractivity contribution in [1.82, 2.24) is 10.2 Å². The van der Waals surface area contributed by atoms with Gasteiger partial charge in [-0.05, 0) is 42.3 Å². The molecule has 0 aliphatic carbocycles. The van der Waals surface area contributed by atoms with E-state index in [4.69, 9.17) is 21.1 Å². The van der Waals surface area contributed by atoms with Crippen LogP contribution in [0.25, 0.3) is 0 Å². The van der Waals surface area contributed by atoms with Crippen LogP contribution in [0.15, 0.2) is 48.5 Å². The molecule has 34 heavy (non-hydrogen) atoms. The second kappa shape index (κ2) is 11.7. The molecule has 1 aliphatic rings. The second-order valence-electron chi connectivity index (χ2n) is 8.35. The molecule has 9 heteroatoms. The van der Waals surface area contributed by atoms with E-state index in [2.05, 4.69) is 10.2 Å². The van der Waals surface area contributed by atoms with Crippen molar-refractivity contribution in [2.24, 2.45) is 5.92 Å². The minimum Gasteiger partial charge on any atom is -0.497 e. The first kappa shape index (κ1) is 25.4. The Morgan fingerprint density at radius 1 is 1.00 bits per heavy atom. The minimum atomic E-state index is -0.900. The molecule has 0 aromatic heterocycles. The number of halogens is 1. The third-order valence-corrected chi connectivity index (χ3v) is 6.06. The minimum absolute atomic E-state index is 0.234. The number of esters is 1. The zero-order valence-corrected chi connectivity index (χ0v) is 20.4. The first-order chi connectivity index (χ1) is 16.3. The number of rotatable bonds is 8. The molecule has 8 nitrogen and oxygen atoms in total. The van der Waals surface area contributed by atoms with Gasteiger partial charge in [-0.25, -0.2) is 4.79 Å². The summed E-state index contributed by atoms with van der Waals surface area (Å²) < 4.78 is 10.5. The first-order valence-corrected chi connectivity index (χ1v) is 11.6. The Morgan fingerprint density at radius 3 is 2.24 bits per heavy atom. The van der Waals surface area contributed by atoms with Crippen molar-refractivity contribution >= 4 is 35.1 Å². The van der Waals surface area contributed by atoms with Gasteiger partial charge in [-0.15, -0.1) is 0 Å². The van der Waals surface area contributed by atoms with Crippen LogP contribution in [0, 0.1) is 5.92 Å². The van der Waals surface area contributed by atoms with Crippen LogP contribution in [0.1, 0.15) is 24.2 Å². The fourth-order valence-corrected chi connectivity index (χ4v) is 3.90. The number of nitrogens with one attached hydrogen (secondary N) is 1. The topological polar surface area (TPSA) is 88.2 Å². The Balaban J connectivity index is 1.49. The van der Waals surface area contributed by atoms with Gasteiger partial charge in [0.25, 0.3) is 11.8 Å². The molecule has 0 spiro atoms. The van der Waals surface area contributed by atoms with E-state index in [1.54, 1.807) is 50.1 Å². The van der Waals surface area contributed by atoms with E-state index < -0.39 is 17.9 Å². The molecule has 1 aliphatic heterocycles. The lowest BCUT2D eigenvalue weighted by atomic mass is 10.0. The van der Waals surface area contributed by atoms with Gasteiger partial charge >= 0.3 is 5.97 Å². The predicted molar refractivity (Wildman–Crippen MR) is 130 cm³/mol. The third-order valence-electron chi connectivity index (χ3n) is 5.73. The summed E-state index contributed by atoms with van der Waals surface area (Å²) in [5, 5.41) is 2.96. The highest BCUT2D eigenvalue weighted by atomic mass is 35.5. The molecule has 2 amide bonds. The lowest BCUT2D eigenvalue weighted by Gasteiger charge is -2.36. The van der Waals surface area contributed by atoms with Crippen LogP contribution in [-0.4, -0.2) is 68.6 Å². The maximum atomic E-state index is 12.7. The van der Waals surface area contributed by atoms with Gasteiger partial charge in [-0.3, -0.25) is 9.59 Å². The Morgan fingerprint density at radius 2 is 1.65 bits per heavy atom. The van der Waals surface area contributed by atoms with Crippen LogP contribution < -0.4 is 15.0 Å². The third kappa shape index (κ3) is 6.41. The maximum absolute atomic E-state index is 12.7. The standard InChI is InChI=1S/C25H30ClN3O5/c1-17(2)23(27-24(31)20-6-4-5-7-21(20)26)25(32)34-16-22(30)29-14-12-28(13-15-29)18-8-10-19(33-3)11-9-18/h4-11,17,23H,12-16H2,1-3H3,(H,27,31)/t23-/m0/s1. The smallest absolute Gasteiger partial charge is 0.329 e. The number of benzene rings is 2. The summed E-state index contributed by atoms with van der Waals surface area (Å²) in [6, 6.07) is 13.5. The Labute approximate surface area is 204 Å². The molecule has 0 saturated carbocycles. The van der Waals surface area contributed by atoms with Crippen molar-refractivity contribution in [3.8, 4) is 5.75 Å². The molecule has 1 heterocycles. The monoisotopic (exact) mass is 487 g/mol. The lowest BCUT2D eigenvalue weighted by molar-refractivity contribution is -0.154. The zero-order valence-electron chi connectivity index (χ0n) is 19.6. The van der Waals surface area contributed by atoms with E-state index in [9.17, 15) is 14.4 Å². The second-order valence-corrected chi connectivity index (χ2v) is 8.76. The van der Waals surface area contributed by atoms with Crippen molar-refractivity contribution in [2.75, 3.05) is 44.8 Å². The molecule has 0 unspecified atom stereocenters. The van der Waals surface area contributed by atoms with Crippen LogP contribution in [-0.2, 0) is 14.3 Å². The van der Waals surface area contributed by atoms with Gasteiger partial charge in [0.15, 0.2) is 6.61 Å². The zero-order chi connectivity index (χ0) is 24.7. The first-order valence-electron chi connectivity index (χ1n) is 11.2. The average molecular weight is 488 g/mol. The summed E-state index contributed by atoms with van der Waals surface area (Å²) >= 11 is 6.08. The van der Waals surface area contributed by atoms with Gasteiger partial charge in [0.2, 0.25) is 0 Å². The largest absolute Gasteiger partial charge is 0.497 e. The molecule has 1 atom stereocenters. The van der Waals surface area contributed by atoms with E-state index >= 15 is 0 Å². The van der Waals surface area contributed by atoms with Gasteiger partial charge in [0, 0.05) is 31.9 Å². The Hall–Kier alpha value is -3.26. The summed E-state index contributed by atoms with van der Waals surface area (Å²) in [7, 11) is 1.63. The summed E-state index contributed by atoms with van der Waals surface area (Å²) in [5.74, 6) is -0.824. The molecular weight excluding hydrogens is 458 g/mol. The number of anilines is 1. The number of carbonyl (C=O) groups excluding carboxylic acids is 3. The van der Waals surface area contributed by atoms with Crippen LogP contribution in [0.5, 0.6) is 5.75 Å². The van der Waals surface area contributed by atoms with Crippen molar-refractivity contribution in [2.45, 2.75) is 19.9 Å². The molecule has 2 aromatic carbocycles. The van der Waals surface area contributed by atoms with E-state index in [0.29, 0.717) is 31.2 Å². The SMILES string of the molecule is COc1ccc(N2CCN(C(=O)COC(=O)[C@@H](NC(=O)c3ccccc3Cl)C(C)C)CC2)cc1. The Bertz CT molecular complexity index is 1000. The molecule has 0 bridgehead atoms. The number of amides is 2. The molecule has 1 N–H and O–H groups in total. The van der Waals surface area contributed by atoms with Crippen molar-refractivity contribution in [3.05, 3.63) is 59.1 Å². The number of ether oxygens (including phenoxy) is 2. The van der Waals surface area contributed by atoms with Crippen LogP contribution in [0.3, 0.4) is 0 Å². The van der Waals surface area contributed by atoms with Crippen LogP contribution in [0.4, 0.5) is 5.69 Å². The highest BCUT2D eigenvalue weighted by Gasteiger charge is 2.28. The number of hydrogen-bond donors (Lipinski definition) is 1. The molecule has 2 aromatic rings. The molecule has 182 valence electrons. The number of carbonyl (C=O) groups is 3. The fourth-order valence-electron chi connectivity index (χ4n) is 3.68. The summed E-state index contributed by atoms with van der Waals surface area (Å²) in [6.45, 7) is 5.62. The summed E-state index contributed by atoms with van der Waals surface area (Å²) in [5.41, 5.74) is 1.33. The Kier molecular flexibility index (Phi) is 8.76. The van der Waals surface area contributed by atoms with Crippen molar-refractivity contribution in [3.63, 3.8) is 0 Å². The lowest BCUT2D eigenvalue weighted by Crippen LogP contribution is -2.50. The number of piperazine rings is 1. The van der Waals surface area contributed by atoms with E-state index in [1.165, 1.54) is 0 Å². The van der Waals surface area contributed by atoms with Crippen LogP contribution in [0.2, 0.25) is 5.02 Å². The summed E-state index contributed by atoms with van der Waals surface area (Å²) in [4.78, 5) is 41.7. The van der Waals surface area contributed by atoms with E-state index in [1.807, 2.05) is 24.3 Å². The average Bonchev–Trinajstić information content (AvgIpc) is 2.85. The quantitative estimate of drug-likeness (QED) is 0.576. The maximum Gasteiger partial charge on any atom is 0.329 e. The molecule has 3 rings (SSSR count). The fraction of sp³-hybridized carbons (Fsp3) is 0.400. The number of hydrogen-bond acceptors (Lipinski definition) is 6. The van der Waals surface area contributed by atoms with Crippen molar-refractivity contribution in [1.29, 1.82) is 0 Å². The van der Waals surface area contributed by atoms with Gasteiger partial charge in [0.05, 0.1) is 17.7 Å². The highest BCUT2D eigenvalue weighted by molar-refractivity contribution is 6.33. The van der Waals surface area contributed by atoms with Gasteiger partial charge in [-0.1, -0.05) is 37.6 Å².